The molecule has 0 fully saturated rings. The Morgan fingerprint density at radius 2 is 0.900 bits per heavy atom. The zero-order chi connectivity index (χ0) is 17.3. The molecule has 0 bridgehead atoms. The van der Waals surface area contributed by atoms with Gasteiger partial charge in [-0.15, -0.1) is 0 Å². The molecule has 120 valence electrons. The highest BCUT2D eigenvalue weighted by atomic mass is 16.1. The lowest BCUT2D eigenvalue weighted by molar-refractivity contribution is -0.118. The zero-order valence-electron chi connectivity index (χ0n) is 14.6. The van der Waals surface area contributed by atoms with E-state index in [9.17, 15) is 19.2 Å². The Hall–Kier alpha value is -1.32. The number of hydrogen-bond donors (Lipinski definition) is 0. The fourth-order valence-corrected chi connectivity index (χ4v) is 0.575. The van der Waals surface area contributed by atoms with Gasteiger partial charge in [-0.25, -0.2) is 0 Å². The molecule has 0 aliphatic heterocycles. The molecule has 0 saturated carbocycles. The van der Waals surface area contributed by atoms with Gasteiger partial charge in [-0.1, -0.05) is 20.8 Å². The van der Waals surface area contributed by atoms with Crippen LogP contribution in [0.3, 0.4) is 0 Å². The Labute approximate surface area is 124 Å². The smallest absolute Gasteiger partial charge is 0.130 e. The molecule has 0 amide bonds. The molecule has 0 aromatic heterocycles. The van der Waals surface area contributed by atoms with Gasteiger partial charge in [-0.2, -0.15) is 0 Å². The first-order valence-electron chi connectivity index (χ1n) is 6.79. The highest BCUT2D eigenvalue weighted by Crippen LogP contribution is 1.97. The van der Waals surface area contributed by atoms with Gasteiger partial charge in [-0.3, -0.25) is 0 Å². The van der Waals surface area contributed by atoms with Crippen molar-refractivity contribution in [3.05, 3.63) is 0 Å². The minimum absolute atomic E-state index is 0.167. The summed E-state index contributed by atoms with van der Waals surface area (Å²) in [6, 6.07) is 0. The van der Waals surface area contributed by atoms with Crippen molar-refractivity contribution >= 4 is 23.1 Å². The van der Waals surface area contributed by atoms with E-state index >= 15 is 0 Å². The Balaban J connectivity index is -0.0000000883. The van der Waals surface area contributed by atoms with E-state index in [-0.39, 0.29) is 23.1 Å². The molecule has 4 nitrogen and oxygen atoms in total. The molecule has 0 aromatic rings. The number of ketones is 4. The van der Waals surface area contributed by atoms with Crippen LogP contribution in [0.4, 0.5) is 0 Å². The van der Waals surface area contributed by atoms with E-state index in [2.05, 4.69) is 0 Å². The maximum Gasteiger partial charge on any atom is 0.130 e. The molecule has 0 unspecified atom stereocenters. The van der Waals surface area contributed by atoms with Gasteiger partial charge in [0, 0.05) is 12.8 Å². The fourth-order valence-electron chi connectivity index (χ4n) is 0.575. The predicted molar refractivity (Wildman–Crippen MR) is 83.8 cm³/mol. The molecule has 0 spiro atoms. The molecule has 0 aliphatic rings. The third-order valence-corrected chi connectivity index (χ3v) is 1.19. The zero-order valence-corrected chi connectivity index (χ0v) is 14.6. The second kappa shape index (κ2) is 20.0. The van der Waals surface area contributed by atoms with Gasteiger partial charge in [0.15, 0.2) is 0 Å². The van der Waals surface area contributed by atoms with Crippen molar-refractivity contribution in [3.63, 3.8) is 0 Å². The molecule has 0 N–H and O–H groups in total. The van der Waals surface area contributed by atoms with Gasteiger partial charge in [0.2, 0.25) is 0 Å². The van der Waals surface area contributed by atoms with Crippen molar-refractivity contribution in [1.82, 2.24) is 0 Å². The van der Waals surface area contributed by atoms with Gasteiger partial charge in [-0.05, 0) is 47.5 Å². The molecular formula is C16H32O4. The second-order valence-corrected chi connectivity index (χ2v) is 5.17. The van der Waals surface area contributed by atoms with E-state index in [1.165, 1.54) is 27.7 Å². The summed E-state index contributed by atoms with van der Waals surface area (Å²) in [6.45, 7) is 15.3. The van der Waals surface area contributed by atoms with Gasteiger partial charge >= 0.3 is 0 Å². The largest absolute Gasteiger partial charge is 0.300 e. The number of rotatable bonds is 3. The lowest BCUT2D eigenvalue weighted by Crippen LogP contribution is -1.95. The highest BCUT2D eigenvalue weighted by Gasteiger charge is 1.95. The molecule has 0 aliphatic carbocycles. The Morgan fingerprint density at radius 3 is 0.900 bits per heavy atom. The Bertz CT molecular complexity index is 258. The van der Waals surface area contributed by atoms with Crippen molar-refractivity contribution in [2.75, 3.05) is 0 Å². The average molecular weight is 288 g/mol. The van der Waals surface area contributed by atoms with Crippen molar-refractivity contribution in [3.8, 4) is 0 Å². The molecule has 0 atom stereocenters. The summed E-state index contributed by atoms with van der Waals surface area (Å²) in [4.78, 5) is 39.0. The summed E-state index contributed by atoms with van der Waals surface area (Å²) in [6.07, 6.45) is 1.39. The fraction of sp³-hybridized carbons (Fsp3) is 0.750. The maximum absolute atomic E-state index is 10.3. The van der Waals surface area contributed by atoms with E-state index in [1.807, 2.05) is 20.8 Å². The normalized spacial score (nSPS) is 7.90. The maximum atomic E-state index is 10.3. The Morgan fingerprint density at radius 1 is 0.700 bits per heavy atom. The van der Waals surface area contributed by atoms with Gasteiger partial charge in [0.1, 0.15) is 23.1 Å². The van der Waals surface area contributed by atoms with Crippen molar-refractivity contribution in [2.45, 2.75) is 75.2 Å². The minimum Gasteiger partial charge on any atom is -0.300 e. The van der Waals surface area contributed by atoms with Crippen LogP contribution >= 0.6 is 0 Å². The monoisotopic (exact) mass is 288 g/mol. The standard InChI is InChI=1S/C6H12O.C4H8O.2C3H6O/c1-5(2)4-6(3)7;1-3-4(2)5;2*1-3(2)4/h5H,4H2,1-3H3;3H2,1-2H3;2*1-2H3. The number of hydrogen-bond acceptors (Lipinski definition) is 4. The van der Waals surface area contributed by atoms with Gasteiger partial charge in [0.05, 0.1) is 0 Å². The van der Waals surface area contributed by atoms with Crippen LogP contribution in [-0.2, 0) is 19.2 Å². The van der Waals surface area contributed by atoms with Crippen LogP contribution in [0.25, 0.3) is 0 Å². The third kappa shape index (κ3) is 187. The van der Waals surface area contributed by atoms with Crippen molar-refractivity contribution in [2.24, 2.45) is 5.92 Å². The topological polar surface area (TPSA) is 68.3 Å². The quantitative estimate of drug-likeness (QED) is 0.792. The van der Waals surface area contributed by atoms with E-state index < -0.39 is 0 Å². The average Bonchev–Trinajstić information content (AvgIpc) is 2.14. The first kappa shape index (κ1) is 27.1. The predicted octanol–water partition coefficient (Wildman–Crippen LogP) is 3.80. The number of Topliss-reactive ketones (excluding diaryl/α,β-unsaturated/α-hetero) is 4. The van der Waals surface area contributed by atoms with Crippen LogP contribution in [0.15, 0.2) is 0 Å². The number of carbonyl (C=O) groups is 4. The molecular weight excluding hydrogens is 256 g/mol. The minimum atomic E-state index is 0.167. The van der Waals surface area contributed by atoms with E-state index in [4.69, 9.17) is 0 Å². The molecule has 0 aromatic carbocycles. The van der Waals surface area contributed by atoms with Crippen LogP contribution in [0.5, 0.6) is 0 Å². The summed E-state index contributed by atoms with van der Waals surface area (Å²) < 4.78 is 0. The van der Waals surface area contributed by atoms with Gasteiger partial charge < -0.3 is 19.2 Å². The third-order valence-electron chi connectivity index (χ3n) is 1.19. The van der Waals surface area contributed by atoms with Gasteiger partial charge in [0.25, 0.3) is 0 Å². The SMILES string of the molecule is CC(=O)CC(C)C.CC(C)=O.CC(C)=O.CCC(C)=O. The molecule has 4 heteroatoms. The van der Waals surface area contributed by atoms with E-state index in [1.54, 1.807) is 13.8 Å². The van der Waals surface area contributed by atoms with E-state index in [0.29, 0.717) is 12.3 Å². The van der Waals surface area contributed by atoms with Crippen LogP contribution in [0, 0.1) is 5.92 Å². The lowest BCUT2D eigenvalue weighted by atomic mass is 10.1. The van der Waals surface area contributed by atoms with Crippen molar-refractivity contribution in [1.29, 1.82) is 0 Å². The molecule has 0 radical (unpaired) electrons. The molecule has 20 heavy (non-hydrogen) atoms. The van der Waals surface area contributed by atoms with Crippen LogP contribution in [-0.4, -0.2) is 23.1 Å². The Kier molecular flexibility index (Phi) is 27.1. The van der Waals surface area contributed by atoms with Crippen molar-refractivity contribution < 1.29 is 19.2 Å². The van der Waals surface area contributed by atoms with Crippen LogP contribution < -0.4 is 0 Å². The summed E-state index contributed by atoms with van der Waals surface area (Å²) in [5.41, 5.74) is 0. The summed E-state index contributed by atoms with van der Waals surface area (Å²) in [5.74, 6) is 1.40. The first-order valence-corrected chi connectivity index (χ1v) is 6.79. The van der Waals surface area contributed by atoms with Crippen LogP contribution in [0.1, 0.15) is 75.2 Å². The summed E-state index contributed by atoms with van der Waals surface area (Å²) >= 11 is 0. The lowest BCUT2D eigenvalue weighted by Gasteiger charge is -1.95. The molecule has 0 rings (SSSR count). The first-order chi connectivity index (χ1) is 8.86. The number of carbonyl (C=O) groups excluding carboxylic acids is 4. The highest BCUT2D eigenvalue weighted by molar-refractivity contribution is 5.75. The molecule has 0 saturated heterocycles. The molecule has 0 heterocycles. The second-order valence-electron chi connectivity index (χ2n) is 5.17. The summed E-state index contributed by atoms with van der Waals surface area (Å²) in [5, 5.41) is 0. The van der Waals surface area contributed by atoms with E-state index in [0.717, 1.165) is 6.42 Å². The summed E-state index contributed by atoms with van der Waals surface area (Å²) in [7, 11) is 0. The van der Waals surface area contributed by atoms with Crippen LogP contribution in [0.2, 0.25) is 0 Å².